The number of methoxy groups -OCH3 is 1. The van der Waals surface area contributed by atoms with Gasteiger partial charge in [-0.25, -0.2) is 14.4 Å². The lowest BCUT2D eigenvalue weighted by atomic mass is 10.1. The summed E-state index contributed by atoms with van der Waals surface area (Å²) in [5.74, 6) is 0.00153. The molecule has 1 aliphatic carbocycles. The number of carbonyl (C=O) groups is 1. The molecule has 1 fully saturated rings. The first kappa shape index (κ1) is 15.4. The summed E-state index contributed by atoms with van der Waals surface area (Å²) in [5, 5.41) is 3.47. The van der Waals surface area contributed by atoms with Crippen molar-refractivity contribution in [1.29, 1.82) is 0 Å². The molecule has 1 N–H and O–H groups in total. The molecule has 3 rings (SSSR count). The van der Waals surface area contributed by atoms with Gasteiger partial charge < -0.3 is 10.1 Å². The summed E-state index contributed by atoms with van der Waals surface area (Å²) < 4.78 is 18.3. The highest BCUT2D eigenvalue weighted by molar-refractivity contribution is 5.95. The van der Waals surface area contributed by atoms with Crippen LogP contribution in [0.2, 0.25) is 0 Å². The summed E-state index contributed by atoms with van der Waals surface area (Å²) >= 11 is 0. The third-order valence-corrected chi connectivity index (χ3v) is 4.02. The van der Waals surface area contributed by atoms with E-state index < -0.39 is 12.1 Å². The van der Waals surface area contributed by atoms with E-state index in [1.165, 1.54) is 0 Å². The lowest BCUT2D eigenvalue weighted by molar-refractivity contribution is -0.117. The summed E-state index contributed by atoms with van der Waals surface area (Å²) in [4.78, 5) is 20.5. The molecular formula is C17H18FN3O2. The van der Waals surface area contributed by atoms with Crippen LogP contribution < -0.4 is 10.1 Å². The normalized spacial score (nSPS) is 20.4. The number of rotatable bonds is 4. The van der Waals surface area contributed by atoms with E-state index in [1.54, 1.807) is 19.4 Å². The standard InChI is InChI=1S/C17H18FN3O2/c1-4-9(2)11-5-10-8-19-15(7-14(10)20-17(11)23-3)21-16(22)12-6-13(12)18/h4-5,7-8,12-13H,6H2,1-3H3,(H,19,21,22)/b9-4+/t12-,13+/m0/s1. The zero-order valence-electron chi connectivity index (χ0n) is 13.3. The van der Waals surface area contributed by atoms with E-state index >= 15 is 0 Å². The minimum Gasteiger partial charge on any atom is -0.481 e. The third-order valence-electron chi connectivity index (χ3n) is 4.02. The van der Waals surface area contributed by atoms with Gasteiger partial charge in [0.1, 0.15) is 12.0 Å². The second-order valence-corrected chi connectivity index (χ2v) is 5.63. The molecule has 2 atom stereocenters. The van der Waals surface area contributed by atoms with Crippen LogP contribution in [-0.4, -0.2) is 29.2 Å². The maximum atomic E-state index is 12.9. The van der Waals surface area contributed by atoms with E-state index in [9.17, 15) is 9.18 Å². The minimum atomic E-state index is -1.03. The number of nitrogens with one attached hydrogen (secondary N) is 1. The van der Waals surface area contributed by atoms with E-state index in [-0.39, 0.29) is 12.3 Å². The number of allylic oxidation sites excluding steroid dienone is 2. The van der Waals surface area contributed by atoms with Crippen LogP contribution in [0.3, 0.4) is 0 Å². The number of nitrogens with zero attached hydrogens (tertiary/aromatic N) is 2. The van der Waals surface area contributed by atoms with Crippen LogP contribution in [0.1, 0.15) is 25.8 Å². The SMILES string of the molecule is C/C=C(\C)c1cc2cnc(NC(=O)[C@H]3C[C@H]3F)cc2nc1OC. The second-order valence-electron chi connectivity index (χ2n) is 5.63. The van der Waals surface area contributed by atoms with Gasteiger partial charge in [-0.05, 0) is 31.9 Å². The van der Waals surface area contributed by atoms with Gasteiger partial charge in [0.05, 0.1) is 18.5 Å². The predicted molar refractivity (Wildman–Crippen MR) is 87.0 cm³/mol. The van der Waals surface area contributed by atoms with Gasteiger partial charge in [0.25, 0.3) is 0 Å². The topological polar surface area (TPSA) is 64.1 Å². The number of amides is 1. The van der Waals surface area contributed by atoms with E-state index in [1.807, 2.05) is 26.0 Å². The molecule has 0 aromatic carbocycles. The van der Waals surface area contributed by atoms with Crippen molar-refractivity contribution in [2.24, 2.45) is 5.92 Å². The molecule has 1 aliphatic rings. The van der Waals surface area contributed by atoms with E-state index in [2.05, 4.69) is 15.3 Å². The fraction of sp³-hybridized carbons (Fsp3) is 0.353. The van der Waals surface area contributed by atoms with Crippen LogP contribution in [-0.2, 0) is 4.79 Å². The van der Waals surface area contributed by atoms with Gasteiger partial charge in [-0.15, -0.1) is 0 Å². The Labute approximate surface area is 133 Å². The van der Waals surface area contributed by atoms with Crippen molar-refractivity contribution in [3.8, 4) is 5.88 Å². The minimum absolute atomic E-state index is 0.289. The Morgan fingerprint density at radius 3 is 2.83 bits per heavy atom. The van der Waals surface area contributed by atoms with Crippen LogP contribution >= 0.6 is 0 Å². The number of carbonyl (C=O) groups excluding carboxylic acids is 1. The molecule has 0 aliphatic heterocycles. The van der Waals surface area contributed by atoms with Crippen molar-refractivity contribution in [3.05, 3.63) is 30.0 Å². The average molecular weight is 315 g/mol. The van der Waals surface area contributed by atoms with Gasteiger partial charge in [0, 0.05) is 23.2 Å². The molecule has 2 aromatic rings. The van der Waals surface area contributed by atoms with Crippen molar-refractivity contribution < 1.29 is 13.9 Å². The van der Waals surface area contributed by atoms with Gasteiger partial charge in [0.2, 0.25) is 11.8 Å². The Morgan fingerprint density at radius 1 is 1.48 bits per heavy atom. The summed E-state index contributed by atoms with van der Waals surface area (Å²) in [6, 6.07) is 3.62. The summed E-state index contributed by atoms with van der Waals surface area (Å²) in [6.07, 6.45) is 2.89. The molecule has 23 heavy (non-hydrogen) atoms. The highest BCUT2D eigenvalue weighted by Crippen LogP contribution is 2.35. The number of hydrogen-bond acceptors (Lipinski definition) is 4. The largest absolute Gasteiger partial charge is 0.481 e. The monoisotopic (exact) mass is 315 g/mol. The Kier molecular flexibility index (Phi) is 3.98. The fourth-order valence-corrected chi connectivity index (χ4v) is 2.37. The Bertz CT molecular complexity index is 804. The molecule has 1 amide bonds. The predicted octanol–water partition coefficient (Wildman–Crippen LogP) is 3.36. The molecule has 2 heterocycles. The van der Waals surface area contributed by atoms with Gasteiger partial charge in [-0.3, -0.25) is 4.79 Å². The first-order valence-corrected chi connectivity index (χ1v) is 7.46. The Balaban J connectivity index is 1.94. The smallest absolute Gasteiger partial charge is 0.231 e. The maximum absolute atomic E-state index is 12.9. The maximum Gasteiger partial charge on any atom is 0.231 e. The zero-order valence-corrected chi connectivity index (χ0v) is 13.3. The molecule has 0 saturated heterocycles. The number of alkyl halides is 1. The first-order valence-electron chi connectivity index (χ1n) is 7.46. The summed E-state index contributed by atoms with van der Waals surface area (Å²) in [7, 11) is 1.57. The Hall–Kier alpha value is -2.50. The molecule has 6 heteroatoms. The third kappa shape index (κ3) is 3.02. The molecule has 2 aromatic heterocycles. The first-order chi connectivity index (χ1) is 11.0. The molecule has 0 unspecified atom stereocenters. The number of halogens is 1. The number of ether oxygens (including phenoxy) is 1. The van der Waals surface area contributed by atoms with Crippen LogP contribution in [0.15, 0.2) is 24.4 Å². The number of fused-ring (bicyclic) bond motifs is 1. The van der Waals surface area contributed by atoms with Gasteiger partial charge in [-0.2, -0.15) is 0 Å². The van der Waals surface area contributed by atoms with Crippen LogP contribution in [0.5, 0.6) is 5.88 Å². The molecule has 5 nitrogen and oxygen atoms in total. The molecule has 120 valence electrons. The number of aromatic nitrogens is 2. The number of pyridine rings is 2. The molecule has 0 radical (unpaired) electrons. The molecule has 1 saturated carbocycles. The second kappa shape index (κ2) is 5.95. The van der Waals surface area contributed by atoms with Crippen LogP contribution in [0.4, 0.5) is 10.2 Å². The molecule has 0 bridgehead atoms. The van der Waals surface area contributed by atoms with E-state index in [0.29, 0.717) is 17.2 Å². The average Bonchev–Trinajstić information content (AvgIpc) is 3.29. The lowest BCUT2D eigenvalue weighted by Crippen LogP contribution is -2.15. The van der Waals surface area contributed by atoms with Crippen molar-refractivity contribution in [1.82, 2.24) is 9.97 Å². The Morgan fingerprint density at radius 2 is 2.22 bits per heavy atom. The number of hydrogen-bond donors (Lipinski definition) is 1. The highest BCUT2D eigenvalue weighted by Gasteiger charge is 2.43. The zero-order chi connectivity index (χ0) is 16.6. The quantitative estimate of drug-likeness (QED) is 0.939. The van der Waals surface area contributed by atoms with Gasteiger partial charge >= 0.3 is 0 Å². The van der Waals surface area contributed by atoms with E-state index in [4.69, 9.17) is 4.74 Å². The highest BCUT2D eigenvalue weighted by atomic mass is 19.1. The van der Waals surface area contributed by atoms with Crippen LogP contribution in [0, 0.1) is 5.92 Å². The van der Waals surface area contributed by atoms with Gasteiger partial charge in [0.15, 0.2) is 0 Å². The number of anilines is 1. The summed E-state index contributed by atoms with van der Waals surface area (Å²) in [5.41, 5.74) is 2.61. The summed E-state index contributed by atoms with van der Waals surface area (Å²) in [6.45, 7) is 3.93. The molecule has 0 spiro atoms. The van der Waals surface area contributed by atoms with Crippen LogP contribution in [0.25, 0.3) is 16.5 Å². The lowest BCUT2D eigenvalue weighted by Gasteiger charge is -2.10. The molecular weight excluding hydrogens is 297 g/mol. The van der Waals surface area contributed by atoms with Crippen molar-refractivity contribution in [2.45, 2.75) is 26.4 Å². The van der Waals surface area contributed by atoms with Crippen molar-refractivity contribution in [3.63, 3.8) is 0 Å². The fourth-order valence-electron chi connectivity index (χ4n) is 2.37. The van der Waals surface area contributed by atoms with Gasteiger partial charge in [-0.1, -0.05) is 6.08 Å². The van der Waals surface area contributed by atoms with Crippen molar-refractivity contribution >= 4 is 28.2 Å². The van der Waals surface area contributed by atoms with Crippen molar-refractivity contribution in [2.75, 3.05) is 12.4 Å². The van der Waals surface area contributed by atoms with E-state index in [0.717, 1.165) is 16.5 Å².